The van der Waals surface area contributed by atoms with Gasteiger partial charge in [-0.3, -0.25) is 0 Å². The third kappa shape index (κ3) is 5.48. The molecule has 8 heteroatoms. The number of thiophene rings is 1. The van der Waals surface area contributed by atoms with E-state index >= 15 is 0 Å². The smallest absolute Gasteiger partial charge is 0.341 e. The number of benzene rings is 1. The molecule has 1 atom stereocenters. The number of ether oxygens (including phenoxy) is 2. The summed E-state index contributed by atoms with van der Waals surface area (Å²) in [6.07, 6.45) is 4.50. The number of nitriles is 1. The number of hydrogen-bond donors (Lipinski definition) is 1. The lowest BCUT2D eigenvalue weighted by atomic mass is 9.72. The monoisotopic (exact) mass is 521 g/mol. The molecule has 0 bridgehead atoms. The molecule has 0 saturated heterocycles. The SMILES string of the molecule is CCOC(=O)c1c(N/C=C(\C#N)c2nc(-c3cccc(OC)c3)cs2)sc2c1CC[C@H](C(C)(C)C)C2. The number of aromatic nitrogens is 1. The van der Waals surface area contributed by atoms with Crippen molar-refractivity contribution in [2.45, 2.75) is 47.0 Å². The zero-order valence-electron chi connectivity index (χ0n) is 21.3. The summed E-state index contributed by atoms with van der Waals surface area (Å²) in [5.41, 5.74) is 4.01. The Labute approximate surface area is 220 Å². The van der Waals surface area contributed by atoms with Crippen LogP contribution in [0.3, 0.4) is 0 Å². The van der Waals surface area contributed by atoms with E-state index in [-0.39, 0.29) is 11.4 Å². The first-order valence-electron chi connectivity index (χ1n) is 12.0. The predicted octanol–water partition coefficient (Wildman–Crippen LogP) is 7.18. The Hall–Kier alpha value is -3.15. The molecule has 0 radical (unpaired) electrons. The number of rotatable bonds is 7. The van der Waals surface area contributed by atoms with Crippen molar-refractivity contribution >= 4 is 39.2 Å². The number of methoxy groups -OCH3 is 1. The molecule has 1 aromatic carbocycles. The number of allylic oxidation sites excluding steroid dienone is 1. The largest absolute Gasteiger partial charge is 0.497 e. The van der Waals surface area contributed by atoms with Crippen molar-refractivity contribution in [3.63, 3.8) is 0 Å². The number of anilines is 1. The van der Waals surface area contributed by atoms with Crippen LogP contribution in [0, 0.1) is 22.7 Å². The molecule has 4 rings (SSSR count). The molecule has 188 valence electrons. The molecule has 3 aromatic rings. The Kier molecular flexibility index (Phi) is 7.82. The van der Waals surface area contributed by atoms with Crippen molar-refractivity contribution in [1.29, 1.82) is 5.26 Å². The highest BCUT2D eigenvalue weighted by atomic mass is 32.1. The fourth-order valence-corrected chi connectivity index (χ4v) is 6.52. The van der Waals surface area contributed by atoms with Crippen LogP contribution in [0.25, 0.3) is 16.8 Å². The third-order valence-corrected chi connectivity index (χ3v) is 8.60. The molecule has 0 unspecified atom stereocenters. The van der Waals surface area contributed by atoms with Gasteiger partial charge in [0.15, 0.2) is 0 Å². The number of thiazole rings is 1. The van der Waals surface area contributed by atoms with Gasteiger partial charge in [-0.1, -0.05) is 32.9 Å². The van der Waals surface area contributed by atoms with E-state index in [1.165, 1.54) is 16.2 Å². The average Bonchev–Trinajstić information content (AvgIpc) is 3.49. The maximum Gasteiger partial charge on any atom is 0.341 e. The lowest BCUT2D eigenvalue weighted by molar-refractivity contribution is 0.0526. The van der Waals surface area contributed by atoms with Gasteiger partial charge >= 0.3 is 5.97 Å². The van der Waals surface area contributed by atoms with Crippen LogP contribution in [0.15, 0.2) is 35.8 Å². The Bertz CT molecular complexity index is 1320. The first kappa shape index (κ1) is 25.9. The van der Waals surface area contributed by atoms with Crippen molar-refractivity contribution < 1.29 is 14.3 Å². The Morgan fingerprint density at radius 2 is 2.17 bits per heavy atom. The van der Waals surface area contributed by atoms with Crippen LogP contribution in [0.1, 0.15) is 59.9 Å². The minimum absolute atomic E-state index is 0.207. The average molecular weight is 522 g/mol. The second kappa shape index (κ2) is 10.9. The molecule has 2 heterocycles. The van der Waals surface area contributed by atoms with Crippen molar-refractivity contribution in [2.75, 3.05) is 19.0 Å². The molecule has 0 amide bonds. The summed E-state index contributed by atoms with van der Waals surface area (Å²) >= 11 is 3.00. The number of nitrogens with one attached hydrogen (secondary N) is 1. The first-order valence-corrected chi connectivity index (χ1v) is 13.7. The topological polar surface area (TPSA) is 84.2 Å². The van der Waals surface area contributed by atoms with Gasteiger partial charge in [0, 0.05) is 22.0 Å². The predicted molar refractivity (Wildman–Crippen MR) is 147 cm³/mol. The van der Waals surface area contributed by atoms with Gasteiger partial charge in [-0.2, -0.15) is 5.26 Å². The molecule has 1 aliphatic carbocycles. The summed E-state index contributed by atoms with van der Waals surface area (Å²) in [4.78, 5) is 18.8. The van der Waals surface area contributed by atoms with E-state index in [1.54, 1.807) is 24.6 Å². The summed E-state index contributed by atoms with van der Waals surface area (Å²) in [7, 11) is 1.63. The second-order valence-corrected chi connectivity index (χ2v) is 11.8. The van der Waals surface area contributed by atoms with Gasteiger partial charge in [0.05, 0.1) is 25.0 Å². The molecular formula is C28H31N3O3S2. The van der Waals surface area contributed by atoms with Crippen LogP contribution in [0.4, 0.5) is 5.00 Å². The second-order valence-electron chi connectivity index (χ2n) is 9.82. The quantitative estimate of drug-likeness (QED) is 0.262. The normalized spacial score (nSPS) is 15.7. The third-order valence-electron chi connectivity index (χ3n) is 6.54. The minimum atomic E-state index is -0.312. The fraction of sp³-hybridized carbons (Fsp3) is 0.393. The van der Waals surface area contributed by atoms with Gasteiger partial charge in [0.25, 0.3) is 0 Å². The van der Waals surface area contributed by atoms with Crippen molar-refractivity contribution in [3.05, 3.63) is 56.9 Å². The van der Waals surface area contributed by atoms with E-state index in [9.17, 15) is 10.1 Å². The molecule has 2 aromatic heterocycles. The number of fused-ring (bicyclic) bond motifs is 1. The molecule has 0 aliphatic heterocycles. The number of carbonyl (C=O) groups excluding carboxylic acids is 1. The summed E-state index contributed by atoms with van der Waals surface area (Å²) in [6.45, 7) is 8.96. The maximum absolute atomic E-state index is 12.9. The van der Waals surface area contributed by atoms with Crippen LogP contribution in [0.5, 0.6) is 5.75 Å². The van der Waals surface area contributed by atoms with Crippen LogP contribution >= 0.6 is 22.7 Å². The van der Waals surface area contributed by atoms with Crippen LogP contribution < -0.4 is 10.1 Å². The number of esters is 1. The molecule has 6 nitrogen and oxygen atoms in total. The summed E-state index contributed by atoms with van der Waals surface area (Å²) in [5.74, 6) is 0.997. The molecule has 0 fully saturated rings. The van der Waals surface area contributed by atoms with E-state index in [0.717, 1.165) is 46.8 Å². The first-order chi connectivity index (χ1) is 17.2. The lowest BCUT2D eigenvalue weighted by Crippen LogP contribution is -2.26. The summed E-state index contributed by atoms with van der Waals surface area (Å²) < 4.78 is 10.7. The van der Waals surface area contributed by atoms with E-state index in [0.29, 0.717) is 28.7 Å². The Balaban J connectivity index is 1.63. The summed E-state index contributed by atoms with van der Waals surface area (Å²) in [5, 5.41) is 16.4. The van der Waals surface area contributed by atoms with Gasteiger partial charge in [0.1, 0.15) is 27.4 Å². The van der Waals surface area contributed by atoms with Crippen LogP contribution in [-0.2, 0) is 17.6 Å². The number of carbonyl (C=O) groups is 1. The molecular weight excluding hydrogens is 490 g/mol. The van der Waals surface area contributed by atoms with Gasteiger partial charge in [-0.05, 0) is 55.2 Å². The van der Waals surface area contributed by atoms with Gasteiger partial charge in [-0.15, -0.1) is 22.7 Å². The van der Waals surface area contributed by atoms with Crippen LogP contribution in [-0.4, -0.2) is 24.7 Å². The van der Waals surface area contributed by atoms with Crippen molar-refractivity contribution in [3.8, 4) is 23.1 Å². The molecule has 1 N–H and O–H groups in total. The van der Waals surface area contributed by atoms with E-state index in [1.807, 2.05) is 36.6 Å². The lowest BCUT2D eigenvalue weighted by Gasteiger charge is -2.33. The standard InChI is InChI=1S/C28H31N3O3S2/c1-6-34-27(32)24-21-11-10-19(28(2,3)4)13-23(21)36-26(24)30-15-18(14-29)25-31-22(16-35-25)17-8-7-9-20(12-17)33-5/h7-9,12,15-16,19,30H,6,10-11,13H2,1-5H3/b18-15+/t19-/m0/s1. The minimum Gasteiger partial charge on any atom is -0.497 e. The highest BCUT2D eigenvalue weighted by Gasteiger charge is 2.34. The van der Waals surface area contributed by atoms with Gasteiger partial charge in [-0.25, -0.2) is 9.78 Å². The Morgan fingerprint density at radius 3 is 2.86 bits per heavy atom. The van der Waals surface area contributed by atoms with Crippen molar-refractivity contribution in [1.82, 2.24) is 4.98 Å². The Morgan fingerprint density at radius 1 is 1.36 bits per heavy atom. The molecule has 1 aliphatic rings. The van der Waals surface area contributed by atoms with E-state index in [2.05, 4.69) is 37.1 Å². The number of nitrogens with zero attached hydrogens (tertiary/aromatic N) is 2. The highest BCUT2D eigenvalue weighted by Crippen LogP contribution is 2.44. The van der Waals surface area contributed by atoms with E-state index in [4.69, 9.17) is 9.47 Å². The van der Waals surface area contributed by atoms with E-state index < -0.39 is 0 Å². The van der Waals surface area contributed by atoms with Crippen LogP contribution in [0.2, 0.25) is 0 Å². The molecule has 0 saturated carbocycles. The molecule has 0 spiro atoms. The maximum atomic E-state index is 12.9. The zero-order valence-corrected chi connectivity index (χ0v) is 22.9. The van der Waals surface area contributed by atoms with Crippen molar-refractivity contribution in [2.24, 2.45) is 11.3 Å². The zero-order chi connectivity index (χ0) is 25.9. The van der Waals surface area contributed by atoms with Gasteiger partial charge < -0.3 is 14.8 Å². The fourth-order valence-electron chi connectivity index (χ4n) is 4.44. The number of hydrogen-bond acceptors (Lipinski definition) is 8. The summed E-state index contributed by atoms with van der Waals surface area (Å²) in [6, 6.07) is 9.92. The highest BCUT2D eigenvalue weighted by molar-refractivity contribution is 7.16. The molecule has 36 heavy (non-hydrogen) atoms. The van der Waals surface area contributed by atoms with Gasteiger partial charge in [0.2, 0.25) is 0 Å².